The zero-order valence-electron chi connectivity index (χ0n) is 13.6. The second kappa shape index (κ2) is 8.93. The summed E-state index contributed by atoms with van der Waals surface area (Å²) in [6.07, 6.45) is 0.685. The average Bonchev–Trinajstić information content (AvgIpc) is 2.62. The van der Waals surface area contributed by atoms with Crippen LogP contribution in [0.1, 0.15) is 18.9 Å². The van der Waals surface area contributed by atoms with Crippen LogP contribution in [-0.2, 0) is 4.79 Å². The van der Waals surface area contributed by atoms with Gasteiger partial charge in [-0.25, -0.2) is 5.43 Å². The normalized spacial score (nSPS) is 11.0. The first-order chi connectivity index (χ1) is 11.6. The second-order valence-electron chi connectivity index (χ2n) is 4.92. The molecule has 0 aliphatic heterocycles. The molecule has 0 saturated heterocycles. The highest BCUT2D eigenvalue weighted by atomic mass is 35.5. The van der Waals surface area contributed by atoms with Crippen LogP contribution < -0.4 is 14.9 Å². The van der Waals surface area contributed by atoms with E-state index < -0.39 is 0 Å². The van der Waals surface area contributed by atoms with E-state index in [0.29, 0.717) is 17.2 Å². The molecule has 0 spiro atoms. The predicted octanol–water partition coefficient (Wildman–Crippen LogP) is 3.66. The van der Waals surface area contributed by atoms with Crippen LogP contribution in [0.15, 0.2) is 53.6 Å². The van der Waals surface area contributed by atoms with Crippen LogP contribution in [0.4, 0.5) is 0 Å². The standard InChI is InChI=1S/C18H19ClN2O3/c1-3-17(13-4-8-15(23-2)9-5-13)20-21-18(22)12-24-16-10-6-14(19)7-11-16/h4-11H,3,12H2,1-2H3,(H,21,22)/b20-17-. The topological polar surface area (TPSA) is 59.9 Å². The number of nitrogens with one attached hydrogen (secondary N) is 1. The van der Waals surface area contributed by atoms with Crippen molar-refractivity contribution in [2.45, 2.75) is 13.3 Å². The summed E-state index contributed by atoms with van der Waals surface area (Å²) in [5.74, 6) is 1.02. The molecule has 0 aliphatic rings. The SMILES string of the molecule is CC/C(=N/NC(=O)COc1ccc(Cl)cc1)c1ccc(OC)cc1. The second-order valence-corrected chi connectivity index (χ2v) is 5.35. The fraction of sp³-hybridized carbons (Fsp3) is 0.222. The fourth-order valence-corrected chi connectivity index (χ4v) is 2.10. The lowest BCUT2D eigenvalue weighted by molar-refractivity contribution is -0.123. The van der Waals surface area contributed by atoms with Gasteiger partial charge in [0.05, 0.1) is 12.8 Å². The Labute approximate surface area is 146 Å². The van der Waals surface area contributed by atoms with Gasteiger partial charge in [0.15, 0.2) is 6.61 Å². The van der Waals surface area contributed by atoms with Crippen molar-refractivity contribution in [1.29, 1.82) is 0 Å². The molecule has 0 fully saturated rings. The molecule has 0 unspecified atom stereocenters. The Balaban J connectivity index is 1.91. The molecule has 0 aromatic heterocycles. The molecule has 2 aromatic rings. The number of carbonyl (C=O) groups excluding carboxylic acids is 1. The minimum atomic E-state index is -0.329. The van der Waals surface area contributed by atoms with Gasteiger partial charge in [-0.05, 0) is 60.5 Å². The summed E-state index contributed by atoms with van der Waals surface area (Å²) in [5.41, 5.74) is 4.21. The minimum absolute atomic E-state index is 0.120. The van der Waals surface area contributed by atoms with Gasteiger partial charge in [0, 0.05) is 5.02 Å². The van der Waals surface area contributed by atoms with E-state index in [-0.39, 0.29) is 12.5 Å². The van der Waals surface area contributed by atoms with Crippen molar-refractivity contribution in [3.05, 3.63) is 59.1 Å². The van der Waals surface area contributed by atoms with Gasteiger partial charge in [-0.2, -0.15) is 5.10 Å². The molecule has 0 aliphatic carbocycles. The maximum Gasteiger partial charge on any atom is 0.277 e. The van der Waals surface area contributed by atoms with Crippen LogP contribution in [0.3, 0.4) is 0 Å². The van der Waals surface area contributed by atoms with Crippen molar-refractivity contribution < 1.29 is 14.3 Å². The minimum Gasteiger partial charge on any atom is -0.497 e. The van der Waals surface area contributed by atoms with E-state index in [2.05, 4.69) is 10.5 Å². The van der Waals surface area contributed by atoms with Crippen molar-refractivity contribution in [1.82, 2.24) is 5.43 Å². The molecule has 2 aromatic carbocycles. The van der Waals surface area contributed by atoms with Crippen LogP contribution >= 0.6 is 11.6 Å². The van der Waals surface area contributed by atoms with Crippen LogP contribution in [0, 0.1) is 0 Å². The fourth-order valence-electron chi connectivity index (χ4n) is 1.97. The first-order valence-corrected chi connectivity index (χ1v) is 7.88. The molecule has 24 heavy (non-hydrogen) atoms. The van der Waals surface area contributed by atoms with Crippen molar-refractivity contribution in [3.63, 3.8) is 0 Å². The third-order valence-corrected chi connectivity index (χ3v) is 3.51. The smallest absolute Gasteiger partial charge is 0.277 e. The summed E-state index contributed by atoms with van der Waals surface area (Å²) >= 11 is 5.79. The summed E-state index contributed by atoms with van der Waals surface area (Å²) in [4.78, 5) is 11.8. The number of methoxy groups -OCH3 is 1. The lowest BCUT2D eigenvalue weighted by Crippen LogP contribution is -2.26. The molecule has 0 atom stereocenters. The number of carbonyl (C=O) groups is 1. The van der Waals surface area contributed by atoms with Gasteiger partial charge in [-0.3, -0.25) is 4.79 Å². The molecule has 2 rings (SSSR count). The number of hydrazone groups is 1. The van der Waals surface area contributed by atoms with E-state index in [9.17, 15) is 4.79 Å². The Morgan fingerprint density at radius 2 is 1.71 bits per heavy atom. The molecule has 126 valence electrons. The zero-order chi connectivity index (χ0) is 17.4. The molecule has 0 bridgehead atoms. The summed E-state index contributed by atoms with van der Waals surface area (Å²) in [6.45, 7) is 1.85. The van der Waals surface area contributed by atoms with Crippen molar-refractivity contribution in [2.24, 2.45) is 5.10 Å². The first-order valence-electron chi connectivity index (χ1n) is 7.50. The predicted molar refractivity (Wildman–Crippen MR) is 94.9 cm³/mol. The van der Waals surface area contributed by atoms with Gasteiger partial charge in [0.1, 0.15) is 11.5 Å². The molecule has 1 N–H and O–H groups in total. The molecular weight excluding hydrogens is 328 g/mol. The highest BCUT2D eigenvalue weighted by molar-refractivity contribution is 6.30. The van der Waals surface area contributed by atoms with E-state index >= 15 is 0 Å². The van der Waals surface area contributed by atoms with E-state index in [0.717, 1.165) is 17.0 Å². The number of nitrogens with zero attached hydrogens (tertiary/aromatic N) is 1. The lowest BCUT2D eigenvalue weighted by atomic mass is 10.1. The van der Waals surface area contributed by atoms with E-state index in [1.165, 1.54) is 0 Å². The monoisotopic (exact) mass is 346 g/mol. The summed E-state index contributed by atoms with van der Waals surface area (Å²) in [5, 5.41) is 4.78. The Morgan fingerprint density at radius 3 is 2.29 bits per heavy atom. The van der Waals surface area contributed by atoms with Crippen molar-refractivity contribution in [3.8, 4) is 11.5 Å². The van der Waals surface area contributed by atoms with Gasteiger partial charge in [0.25, 0.3) is 5.91 Å². The van der Waals surface area contributed by atoms with Crippen LogP contribution in [0.25, 0.3) is 0 Å². The van der Waals surface area contributed by atoms with Gasteiger partial charge < -0.3 is 9.47 Å². The van der Waals surface area contributed by atoms with Crippen molar-refractivity contribution in [2.75, 3.05) is 13.7 Å². The first kappa shape index (κ1) is 17.8. The highest BCUT2D eigenvalue weighted by Gasteiger charge is 2.05. The number of amides is 1. The van der Waals surface area contributed by atoms with E-state index in [1.807, 2.05) is 31.2 Å². The maximum absolute atomic E-state index is 11.8. The lowest BCUT2D eigenvalue weighted by Gasteiger charge is -2.07. The summed E-state index contributed by atoms with van der Waals surface area (Å²) < 4.78 is 10.5. The number of rotatable bonds is 7. The van der Waals surface area contributed by atoms with Crippen LogP contribution in [-0.4, -0.2) is 25.3 Å². The molecule has 1 amide bonds. The molecular formula is C18H19ClN2O3. The maximum atomic E-state index is 11.8. The van der Waals surface area contributed by atoms with Gasteiger partial charge in [-0.1, -0.05) is 18.5 Å². The highest BCUT2D eigenvalue weighted by Crippen LogP contribution is 2.15. The molecule has 0 heterocycles. The van der Waals surface area contributed by atoms with E-state index in [4.69, 9.17) is 21.1 Å². The van der Waals surface area contributed by atoms with Gasteiger partial charge >= 0.3 is 0 Å². The number of ether oxygens (including phenoxy) is 2. The van der Waals surface area contributed by atoms with E-state index in [1.54, 1.807) is 31.4 Å². The number of hydrogen-bond donors (Lipinski definition) is 1. The summed E-state index contributed by atoms with van der Waals surface area (Å²) in [7, 11) is 1.62. The molecule has 5 nitrogen and oxygen atoms in total. The average molecular weight is 347 g/mol. The van der Waals surface area contributed by atoms with Crippen LogP contribution in [0.5, 0.6) is 11.5 Å². The molecule has 6 heteroatoms. The third kappa shape index (κ3) is 5.28. The molecule has 0 saturated carbocycles. The van der Waals surface area contributed by atoms with Gasteiger partial charge in [0.2, 0.25) is 0 Å². The number of halogens is 1. The molecule has 0 radical (unpaired) electrons. The Kier molecular flexibility index (Phi) is 6.63. The van der Waals surface area contributed by atoms with Gasteiger partial charge in [-0.15, -0.1) is 0 Å². The zero-order valence-corrected chi connectivity index (χ0v) is 14.3. The number of benzene rings is 2. The largest absolute Gasteiger partial charge is 0.497 e. The quantitative estimate of drug-likeness (QED) is 0.615. The third-order valence-electron chi connectivity index (χ3n) is 3.26. The Morgan fingerprint density at radius 1 is 1.08 bits per heavy atom. The Bertz CT molecular complexity index is 697. The van der Waals surface area contributed by atoms with Crippen molar-refractivity contribution >= 4 is 23.2 Å². The van der Waals surface area contributed by atoms with Crippen LogP contribution in [0.2, 0.25) is 5.02 Å². The summed E-state index contributed by atoms with van der Waals surface area (Å²) in [6, 6.07) is 14.3. The Hall–Kier alpha value is -2.53. The number of hydrogen-bond acceptors (Lipinski definition) is 4.